The number of aliphatic hydroxyl groups excluding tert-OH is 1. The first-order chi connectivity index (χ1) is 8.69. The van der Waals surface area contributed by atoms with E-state index < -0.39 is 0 Å². The number of carbonyl (C=O) groups excluding carboxylic acids is 2. The van der Waals surface area contributed by atoms with Crippen molar-refractivity contribution < 1.29 is 19.4 Å². The van der Waals surface area contributed by atoms with Gasteiger partial charge < -0.3 is 20.1 Å². The third-order valence-corrected chi connectivity index (χ3v) is 2.95. The zero-order chi connectivity index (χ0) is 13.4. The SMILES string of the molecule is CCOC(=O)N1CCCC(C(=O)NCCCO)C1. The van der Waals surface area contributed by atoms with E-state index in [4.69, 9.17) is 9.84 Å². The Morgan fingerprint density at radius 1 is 1.50 bits per heavy atom. The van der Waals surface area contributed by atoms with Crippen LogP contribution in [0.25, 0.3) is 0 Å². The molecule has 0 aromatic carbocycles. The Morgan fingerprint density at radius 3 is 2.94 bits per heavy atom. The molecule has 6 nitrogen and oxygen atoms in total. The highest BCUT2D eigenvalue weighted by atomic mass is 16.6. The van der Waals surface area contributed by atoms with Gasteiger partial charge in [0.25, 0.3) is 0 Å². The minimum Gasteiger partial charge on any atom is -0.450 e. The van der Waals surface area contributed by atoms with Crippen molar-refractivity contribution in [3.8, 4) is 0 Å². The molecule has 0 aromatic rings. The van der Waals surface area contributed by atoms with E-state index in [0.29, 0.717) is 32.7 Å². The summed E-state index contributed by atoms with van der Waals surface area (Å²) < 4.78 is 4.93. The number of rotatable bonds is 5. The minimum atomic E-state index is -0.342. The Bertz CT molecular complexity index is 283. The van der Waals surface area contributed by atoms with E-state index in [1.165, 1.54) is 0 Å². The van der Waals surface area contributed by atoms with Gasteiger partial charge in [0.1, 0.15) is 0 Å². The fourth-order valence-electron chi connectivity index (χ4n) is 2.01. The number of aliphatic hydroxyl groups is 1. The maximum atomic E-state index is 11.8. The first kappa shape index (κ1) is 14.8. The second-order valence-corrected chi connectivity index (χ2v) is 4.35. The number of piperidine rings is 1. The second kappa shape index (κ2) is 7.92. The van der Waals surface area contributed by atoms with Crippen molar-refractivity contribution >= 4 is 12.0 Å². The van der Waals surface area contributed by atoms with Crippen molar-refractivity contribution in [1.82, 2.24) is 10.2 Å². The molecule has 1 aliphatic rings. The number of nitrogens with zero attached hydrogens (tertiary/aromatic N) is 1. The van der Waals surface area contributed by atoms with E-state index in [0.717, 1.165) is 12.8 Å². The van der Waals surface area contributed by atoms with Gasteiger partial charge in [-0.15, -0.1) is 0 Å². The largest absolute Gasteiger partial charge is 0.450 e. The molecule has 1 unspecified atom stereocenters. The smallest absolute Gasteiger partial charge is 0.409 e. The van der Waals surface area contributed by atoms with Gasteiger partial charge in [0.15, 0.2) is 0 Å². The molecular weight excluding hydrogens is 236 g/mol. The monoisotopic (exact) mass is 258 g/mol. The van der Waals surface area contributed by atoms with Gasteiger partial charge in [-0.05, 0) is 26.2 Å². The van der Waals surface area contributed by atoms with Crippen LogP contribution < -0.4 is 5.32 Å². The topological polar surface area (TPSA) is 78.9 Å². The third kappa shape index (κ3) is 4.52. The molecule has 1 aliphatic heterocycles. The van der Waals surface area contributed by atoms with E-state index in [-0.39, 0.29) is 24.5 Å². The summed E-state index contributed by atoms with van der Waals surface area (Å²) in [5, 5.41) is 11.4. The maximum absolute atomic E-state index is 11.8. The lowest BCUT2D eigenvalue weighted by molar-refractivity contribution is -0.126. The second-order valence-electron chi connectivity index (χ2n) is 4.35. The molecule has 104 valence electrons. The van der Waals surface area contributed by atoms with Crippen molar-refractivity contribution in [2.75, 3.05) is 32.8 Å². The van der Waals surface area contributed by atoms with E-state index >= 15 is 0 Å². The summed E-state index contributed by atoms with van der Waals surface area (Å²) in [6, 6.07) is 0. The van der Waals surface area contributed by atoms with Crippen LogP contribution in [0.5, 0.6) is 0 Å². The molecule has 0 radical (unpaired) electrons. The molecule has 1 fully saturated rings. The molecule has 0 aliphatic carbocycles. The van der Waals surface area contributed by atoms with Crippen molar-refractivity contribution in [1.29, 1.82) is 0 Å². The number of hydrogen-bond acceptors (Lipinski definition) is 4. The summed E-state index contributed by atoms with van der Waals surface area (Å²) in [7, 11) is 0. The summed E-state index contributed by atoms with van der Waals surface area (Å²) in [5.41, 5.74) is 0. The zero-order valence-corrected chi connectivity index (χ0v) is 10.9. The van der Waals surface area contributed by atoms with Gasteiger partial charge in [-0.3, -0.25) is 4.79 Å². The van der Waals surface area contributed by atoms with Gasteiger partial charge in [0.05, 0.1) is 12.5 Å². The van der Waals surface area contributed by atoms with E-state index in [1.807, 2.05) is 0 Å². The molecule has 0 aromatic heterocycles. The molecule has 0 saturated carbocycles. The average molecular weight is 258 g/mol. The Balaban J connectivity index is 2.38. The molecule has 18 heavy (non-hydrogen) atoms. The predicted molar refractivity (Wildman–Crippen MR) is 66.0 cm³/mol. The predicted octanol–water partition coefficient (Wildman–Crippen LogP) is 0.354. The Morgan fingerprint density at radius 2 is 2.28 bits per heavy atom. The maximum Gasteiger partial charge on any atom is 0.409 e. The van der Waals surface area contributed by atoms with Gasteiger partial charge in [-0.2, -0.15) is 0 Å². The van der Waals surface area contributed by atoms with Crippen molar-refractivity contribution in [2.24, 2.45) is 5.92 Å². The van der Waals surface area contributed by atoms with Gasteiger partial charge in [-0.1, -0.05) is 0 Å². The molecule has 2 N–H and O–H groups in total. The molecule has 0 spiro atoms. The Labute approximate surface area is 107 Å². The number of ether oxygens (including phenoxy) is 1. The zero-order valence-electron chi connectivity index (χ0n) is 10.9. The van der Waals surface area contributed by atoms with E-state index in [2.05, 4.69) is 5.32 Å². The van der Waals surface area contributed by atoms with Crippen molar-refractivity contribution in [2.45, 2.75) is 26.2 Å². The van der Waals surface area contributed by atoms with Crippen LogP contribution in [0, 0.1) is 5.92 Å². The number of carbonyl (C=O) groups is 2. The molecule has 1 atom stereocenters. The Kier molecular flexibility index (Phi) is 6.49. The van der Waals surface area contributed by atoms with Crippen LogP contribution >= 0.6 is 0 Å². The highest BCUT2D eigenvalue weighted by Crippen LogP contribution is 2.17. The van der Waals surface area contributed by atoms with Crippen LogP contribution in [-0.2, 0) is 9.53 Å². The van der Waals surface area contributed by atoms with Gasteiger partial charge in [0, 0.05) is 26.2 Å². The van der Waals surface area contributed by atoms with Crippen LogP contribution in [0.4, 0.5) is 4.79 Å². The number of nitrogens with one attached hydrogen (secondary N) is 1. The average Bonchev–Trinajstić information content (AvgIpc) is 2.39. The summed E-state index contributed by atoms with van der Waals surface area (Å²) in [4.78, 5) is 25.0. The van der Waals surface area contributed by atoms with Gasteiger partial charge >= 0.3 is 6.09 Å². The third-order valence-electron chi connectivity index (χ3n) is 2.95. The van der Waals surface area contributed by atoms with Crippen LogP contribution in [-0.4, -0.2) is 54.9 Å². The molecule has 6 heteroatoms. The van der Waals surface area contributed by atoms with Crippen LogP contribution in [0.15, 0.2) is 0 Å². The molecule has 1 saturated heterocycles. The van der Waals surface area contributed by atoms with Crippen LogP contribution in [0.2, 0.25) is 0 Å². The molecule has 1 rings (SSSR count). The normalized spacial score (nSPS) is 19.4. The van der Waals surface area contributed by atoms with Crippen LogP contribution in [0.3, 0.4) is 0 Å². The molecule has 2 amide bonds. The van der Waals surface area contributed by atoms with E-state index in [1.54, 1.807) is 11.8 Å². The Hall–Kier alpha value is -1.30. The first-order valence-electron chi connectivity index (χ1n) is 6.49. The summed E-state index contributed by atoms with van der Waals surface area (Å²) in [6.45, 7) is 3.73. The number of amides is 2. The lowest BCUT2D eigenvalue weighted by atomic mass is 9.97. The molecular formula is C12H22N2O4. The van der Waals surface area contributed by atoms with Gasteiger partial charge in [0.2, 0.25) is 5.91 Å². The molecule has 0 bridgehead atoms. The minimum absolute atomic E-state index is 0.0440. The quantitative estimate of drug-likeness (QED) is 0.698. The fourth-order valence-corrected chi connectivity index (χ4v) is 2.01. The highest BCUT2D eigenvalue weighted by molar-refractivity contribution is 5.79. The number of likely N-dealkylation sites (tertiary alicyclic amines) is 1. The number of hydrogen-bond donors (Lipinski definition) is 2. The van der Waals surface area contributed by atoms with Crippen molar-refractivity contribution in [3.05, 3.63) is 0 Å². The van der Waals surface area contributed by atoms with Gasteiger partial charge in [-0.25, -0.2) is 4.79 Å². The molecule has 1 heterocycles. The van der Waals surface area contributed by atoms with E-state index in [9.17, 15) is 9.59 Å². The fraction of sp³-hybridized carbons (Fsp3) is 0.833. The van der Waals surface area contributed by atoms with Crippen molar-refractivity contribution in [3.63, 3.8) is 0 Å². The lowest BCUT2D eigenvalue weighted by Crippen LogP contribution is -2.45. The van der Waals surface area contributed by atoms with Crippen LogP contribution in [0.1, 0.15) is 26.2 Å². The highest BCUT2D eigenvalue weighted by Gasteiger charge is 2.28. The first-order valence-corrected chi connectivity index (χ1v) is 6.49. The standard InChI is InChI=1S/C12H22N2O4/c1-2-18-12(17)14-7-3-5-10(9-14)11(16)13-6-4-8-15/h10,15H,2-9H2,1H3,(H,13,16). The lowest BCUT2D eigenvalue weighted by Gasteiger charge is -2.31. The summed E-state index contributed by atoms with van der Waals surface area (Å²) in [6.07, 6.45) is 1.82. The summed E-state index contributed by atoms with van der Waals surface area (Å²) >= 11 is 0. The summed E-state index contributed by atoms with van der Waals surface area (Å²) in [5.74, 6) is -0.209.